The summed E-state index contributed by atoms with van der Waals surface area (Å²) >= 11 is 9.67. The van der Waals surface area contributed by atoms with Gasteiger partial charge in [-0.25, -0.2) is 4.90 Å². The van der Waals surface area contributed by atoms with Gasteiger partial charge in [-0.15, -0.1) is 0 Å². The van der Waals surface area contributed by atoms with Gasteiger partial charge in [0.25, 0.3) is 5.91 Å². The third-order valence-corrected chi connectivity index (χ3v) is 6.83. The molecule has 6 nitrogen and oxygen atoms in total. The van der Waals surface area contributed by atoms with Gasteiger partial charge in [0.15, 0.2) is 0 Å². The maximum absolute atomic E-state index is 13.6. The summed E-state index contributed by atoms with van der Waals surface area (Å²) in [5.41, 5.74) is 2.09. The second kappa shape index (κ2) is 8.24. The Morgan fingerprint density at radius 2 is 1.64 bits per heavy atom. The number of Topliss-reactive ketones (excluding diaryl/α,β-unsaturated/α-hetero) is 1. The van der Waals surface area contributed by atoms with Gasteiger partial charge in [-0.2, -0.15) is 5.10 Å². The topological polar surface area (TPSA) is 70.1 Å². The third kappa shape index (κ3) is 3.48. The Kier molecular flexibility index (Phi) is 5.38. The molecule has 0 spiro atoms. The van der Waals surface area contributed by atoms with Gasteiger partial charge in [0, 0.05) is 15.1 Å². The van der Waals surface area contributed by atoms with E-state index >= 15 is 0 Å². The summed E-state index contributed by atoms with van der Waals surface area (Å²) in [6.07, 6.45) is 0. The molecule has 0 radical (unpaired) electrons. The molecular weight excluding hydrogens is 506 g/mol. The van der Waals surface area contributed by atoms with Crippen LogP contribution in [0.1, 0.15) is 15.9 Å². The molecule has 2 amide bonds. The summed E-state index contributed by atoms with van der Waals surface area (Å²) < 4.78 is 0.858. The molecule has 3 aromatic carbocycles. The predicted octanol–water partition coefficient (Wildman–Crippen LogP) is 5.03. The normalized spacial score (nSPS) is 19.7. The first-order chi connectivity index (χ1) is 15.9. The van der Waals surface area contributed by atoms with Crippen LogP contribution in [0.3, 0.4) is 0 Å². The van der Waals surface area contributed by atoms with E-state index in [2.05, 4.69) is 21.0 Å². The molecule has 2 atom stereocenters. The number of hydrazone groups is 1. The maximum Gasteiger partial charge on any atom is 0.259 e. The van der Waals surface area contributed by atoms with Crippen LogP contribution in [0.2, 0.25) is 5.02 Å². The number of carbonyl (C=O) groups is 3. The van der Waals surface area contributed by atoms with Gasteiger partial charge in [-0.1, -0.05) is 63.9 Å². The average molecular weight is 523 g/mol. The number of hydrogen-bond acceptors (Lipinski definition) is 5. The van der Waals surface area contributed by atoms with E-state index in [1.165, 1.54) is 5.01 Å². The molecule has 2 aliphatic heterocycles. The van der Waals surface area contributed by atoms with Gasteiger partial charge < -0.3 is 0 Å². The van der Waals surface area contributed by atoms with Gasteiger partial charge in [-0.3, -0.25) is 19.4 Å². The molecule has 8 heteroatoms. The summed E-state index contributed by atoms with van der Waals surface area (Å²) in [6.45, 7) is 1.75. The molecule has 2 aliphatic rings. The van der Waals surface area contributed by atoms with Crippen LogP contribution in [0.4, 0.5) is 11.4 Å². The Balaban J connectivity index is 1.64. The molecule has 0 aromatic heterocycles. The smallest absolute Gasteiger partial charge is 0.259 e. The highest BCUT2D eigenvalue weighted by Gasteiger charge is 2.58. The first-order valence-corrected chi connectivity index (χ1v) is 11.4. The lowest BCUT2D eigenvalue weighted by Crippen LogP contribution is -2.39. The molecule has 33 heavy (non-hydrogen) atoms. The molecule has 5 rings (SSSR count). The number of rotatable bonds is 4. The fraction of sp³-hybridized carbons (Fsp3) is 0.120. The van der Waals surface area contributed by atoms with E-state index in [0.717, 1.165) is 9.37 Å². The fourth-order valence-corrected chi connectivity index (χ4v) is 4.66. The number of halogens is 2. The van der Waals surface area contributed by atoms with Crippen LogP contribution in [0, 0.1) is 12.8 Å². The van der Waals surface area contributed by atoms with Gasteiger partial charge in [0.05, 0.1) is 11.4 Å². The minimum atomic E-state index is -1.02. The fourth-order valence-electron chi connectivity index (χ4n) is 4.22. The molecule has 164 valence electrons. The largest absolute Gasteiger partial charge is 0.287 e. The molecule has 2 heterocycles. The molecular formula is C25H17BrClN3O3. The Morgan fingerprint density at radius 1 is 0.939 bits per heavy atom. The summed E-state index contributed by atoms with van der Waals surface area (Å²) in [6, 6.07) is 19.9. The second-order valence-corrected chi connectivity index (χ2v) is 9.14. The molecule has 1 fully saturated rings. The van der Waals surface area contributed by atoms with Gasteiger partial charge in [0.1, 0.15) is 17.7 Å². The molecule has 0 aliphatic carbocycles. The molecule has 3 aromatic rings. The van der Waals surface area contributed by atoms with Gasteiger partial charge >= 0.3 is 0 Å². The van der Waals surface area contributed by atoms with E-state index < -0.39 is 23.8 Å². The minimum absolute atomic E-state index is 0.0506. The summed E-state index contributed by atoms with van der Waals surface area (Å²) in [5.74, 6) is -2.33. The second-order valence-electron chi connectivity index (χ2n) is 7.82. The quantitative estimate of drug-likeness (QED) is 0.356. The van der Waals surface area contributed by atoms with Crippen LogP contribution in [0.5, 0.6) is 0 Å². The number of imide groups is 1. The Morgan fingerprint density at radius 3 is 2.33 bits per heavy atom. The zero-order valence-corrected chi connectivity index (χ0v) is 19.7. The van der Waals surface area contributed by atoms with Crippen molar-refractivity contribution in [3.63, 3.8) is 0 Å². The Labute approximate surface area is 203 Å². The van der Waals surface area contributed by atoms with Crippen LogP contribution in [0.25, 0.3) is 0 Å². The number of nitrogens with zero attached hydrogens (tertiary/aromatic N) is 3. The summed E-state index contributed by atoms with van der Waals surface area (Å²) in [4.78, 5) is 41.8. The Hall–Kier alpha value is -3.29. The zero-order valence-electron chi connectivity index (χ0n) is 17.4. The zero-order chi connectivity index (χ0) is 23.3. The molecule has 0 saturated carbocycles. The number of amides is 2. The van der Waals surface area contributed by atoms with Crippen molar-refractivity contribution < 1.29 is 14.4 Å². The first-order valence-electron chi connectivity index (χ1n) is 10.2. The van der Waals surface area contributed by atoms with E-state index in [1.807, 2.05) is 12.1 Å². The Bertz CT molecular complexity index is 1320. The van der Waals surface area contributed by atoms with Crippen molar-refractivity contribution in [2.75, 3.05) is 9.91 Å². The molecule has 0 unspecified atom stereocenters. The van der Waals surface area contributed by atoms with Crippen LogP contribution in [-0.2, 0) is 9.59 Å². The van der Waals surface area contributed by atoms with E-state index in [-0.39, 0.29) is 11.5 Å². The van der Waals surface area contributed by atoms with E-state index in [4.69, 9.17) is 11.6 Å². The number of hydrogen-bond donors (Lipinski definition) is 0. The van der Waals surface area contributed by atoms with Crippen molar-refractivity contribution in [1.29, 1.82) is 0 Å². The number of benzene rings is 3. The van der Waals surface area contributed by atoms with Crippen molar-refractivity contribution in [1.82, 2.24) is 0 Å². The summed E-state index contributed by atoms with van der Waals surface area (Å²) in [5, 5.41) is 6.44. The van der Waals surface area contributed by atoms with Crippen LogP contribution in [-0.4, -0.2) is 29.4 Å². The highest BCUT2D eigenvalue weighted by atomic mass is 79.9. The lowest BCUT2D eigenvalue weighted by Gasteiger charge is -2.23. The standard InChI is InChI=1S/C25H17BrClN3O3/c1-14-18(27)8-5-9-19(14)29-24(32)20-21(23(31)15-6-3-2-4-7-15)28-30(22(20)25(29)33)17-12-10-16(26)11-13-17/h2-13,20,22H,1H3/t20-,22-/m1/s1. The van der Waals surface area contributed by atoms with Gasteiger partial charge in [0.2, 0.25) is 11.7 Å². The average Bonchev–Trinajstić information content (AvgIpc) is 3.33. The highest BCUT2D eigenvalue weighted by Crippen LogP contribution is 2.40. The molecule has 0 N–H and O–H groups in total. The van der Waals surface area contributed by atoms with E-state index in [9.17, 15) is 14.4 Å². The molecule has 1 saturated heterocycles. The number of carbonyl (C=O) groups excluding carboxylic acids is 3. The van der Waals surface area contributed by atoms with Crippen molar-refractivity contribution in [2.24, 2.45) is 11.0 Å². The number of anilines is 2. The van der Waals surface area contributed by atoms with E-state index in [0.29, 0.717) is 27.5 Å². The molecule has 0 bridgehead atoms. The number of ketones is 1. The van der Waals surface area contributed by atoms with Crippen molar-refractivity contribution >= 4 is 62.2 Å². The van der Waals surface area contributed by atoms with Crippen LogP contribution >= 0.6 is 27.5 Å². The first kappa shape index (κ1) is 21.6. The minimum Gasteiger partial charge on any atom is -0.287 e. The van der Waals surface area contributed by atoms with Gasteiger partial charge in [-0.05, 0) is 48.9 Å². The lowest BCUT2D eigenvalue weighted by molar-refractivity contribution is -0.121. The SMILES string of the molecule is Cc1c(Cl)cccc1N1C(=O)[C@@H]2C(C(=O)c3ccccc3)=NN(c3ccc(Br)cc3)[C@H]2C1=O. The lowest BCUT2D eigenvalue weighted by atomic mass is 9.92. The van der Waals surface area contributed by atoms with Crippen LogP contribution < -0.4 is 9.91 Å². The highest BCUT2D eigenvalue weighted by molar-refractivity contribution is 9.10. The van der Waals surface area contributed by atoms with E-state index in [1.54, 1.807) is 67.6 Å². The maximum atomic E-state index is 13.6. The number of fused-ring (bicyclic) bond motifs is 1. The van der Waals surface area contributed by atoms with Crippen molar-refractivity contribution in [2.45, 2.75) is 13.0 Å². The monoisotopic (exact) mass is 521 g/mol. The predicted molar refractivity (Wildman–Crippen MR) is 131 cm³/mol. The van der Waals surface area contributed by atoms with Crippen molar-refractivity contribution in [3.05, 3.63) is 93.4 Å². The third-order valence-electron chi connectivity index (χ3n) is 5.89. The van der Waals surface area contributed by atoms with Crippen molar-refractivity contribution in [3.8, 4) is 0 Å². The summed E-state index contributed by atoms with van der Waals surface area (Å²) in [7, 11) is 0. The van der Waals surface area contributed by atoms with Crippen LogP contribution in [0.15, 0.2) is 82.4 Å².